The number of carbonyl (C=O) groups is 1. The van der Waals surface area contributed by atoms with Crippen LogP contribution in [-0.4, -0.2) is 33.8 Å². The number of likely N-dealkylation sites (tertiary alicyclic amines) is 1. The van der Waals surface area contributed by atoms with Crippen LogP contribution >= 0.6 is 11.6 Å². The van der Waals surface area contributed by atoms with E-state index >= 15 is 0 Å². The minimum absolute atomic E-state index is 0.140. The van der Waals surface area contributed by atoms with Gasteiger partial charge in [-0.3, -0.25) is 0 Å². The van der Waals surface area contributed by atoms with Crippen LogP contribution in [0.1, 0.15) is 18.4 Å². The van der Waals surface area contributed by atoms with E-state index in [4.69, 9.17) is 22.4 Å². The van der Waals surface area contributed by atoms with Gasteiger partial charge in [-0.25, -0.2) is 9.48 Å². The van der Waals surface area contributed by atoms with Gasteiger partial charge in [0.05, 0.1) is 6.54 Å². The van der Waals surface area contributed by atoms with E-state index in [9.17, 15) is 4.79 Å². The number of aromatic nitrogens is 2. The molecule has 0 bridgehead atoms. The first kappa shape index (κ1) is 18.4. The highest BCUT2D eigenvalue weighted by molar-refractivity contribution is 6.30. The van der Waals surface area contributed by atoms with Gasteiger partial charge in [-0.05, 0) is 30.5 Å². The van der Waals surface area contributed by atoms with Gasteiger partial charge in [-0.15, -0.1) is 0 Å². The fourth-order valence-corrected chi connectivity index (χ4v) is 3.52. The first-order valence-electron chi connectivity index (χ1n) is 9.34. The molecule has 0 atom stereocenters. The maximum absolute atomic E-state index is 12.7. The predicted octanol–water partition coefficient (Wildman–Crippen LogP) is 4.46. The molecule has 28 heavy (non-hydrogen) atoms. The molecule has 7 heteroatoms. The Morgan fingerprint density at radius 3 is 2.43 bits per heavy atom. The van der Waals surface area contributed by atoms with Crippen molar-refractivity contribution in [3.63, 3.8) is 0 Å². The molecule has 0 spiro atoms. The van der Waals surface area contributed by atoms with Crippen LogP contribution in [-0.2, 0) is 6.54 Å². The van der Waals surface area contributed by atoms with Crippen molar-refractivity contribution in [1.29, 1.82) is 0 Å². The number of nitrogens with one attached hydrogen (secondary N) is 1. The molecule has 1 saturated heterocycles. The second-order valence-electron chi connectivity index (χ2n) is 6.88. The van der Waals surface area contributed by atoms with Gasteiger partial charge in [0, 0.05) is 23.7 Å². The second kappa shape index (κ2) is 7.94. The van der Waals surface area contributed by atoms with Crippen LogP contribution in [0.25, 0.3) is 11.3 Å². The summed E-state index contributed by atoms with van der Waals surface area (Å²) in [5.41, 5.74) is 9.51. The first-order valence-corrected chi connectivity index (χ1v) is 9.71. The summed E-state index contributed by atoms with van der Waals surface area (Å²) in [6.07, 6.45) is 2.06. The van der Waals surface area contributed by atoms with Gasteiger partial charge >= 0.3 is 6.03 Å². The van der Waals surface area contributed by atoms with Crippen molar-refractivity contribution in [2.75, 3.05) is 24.1 Å². The number of rotatable bonds is 4. The number of carbonyl (C=O) groups excluding carboxylic acids is 1. The van der Waals surface area contributed by atoms with E-state index in [0.29, 0.717) is 28.8 Å². The Morgan fingerprint density at radius 1 is 1.07 bits per heavy atom. The maximum Gasteiger partial charge on any atom is 0.322 e. The minimum Gasteiger partial charge on any atom is -0.382 e. The lowest BCUT2D eigenvalue weighted by molar-refractivity contribution is 0.222. The zero-order valence-electron chi connectivity index (χ0n) is 15.4. The van der Waals surface area contributed by atoms with Crippen molar-refractivity contribution < 1.29 is 4.79 Å². The fourth-order valence-electron chi connectivity index (χ4n) is 3.39. The quantitative estimate of drug-likeness (QED) is 0.684. The lowest BCUT2D eigenvalue weighted by Crippen LogP contribution is -2.32. The Kier molecular flexibility index (Phi) is 5.21. The average molecular weight is 396 g/mol. The van der Waals surface area contributed by atoms with E-state index in [0.717, 1.165) is 37.1 Å². The number of amides is 2. The summed E-state index contributed by atoms with van der Waals surface area (Å²) < 4.78 is 1.72. The summed E-state index contributed by atoms with van der Waals surface area (Å²) in [4.78, 5) is 14.5. The van der Waals surface area contributed by atoms with Crippen LogP contribution in [0.4, 0.5) is 16.3 Å². The molecule has 144 valence electrons. The van der Waals surface area contributed by atoms with E-state index < -0.39 is 0 Å². The van der Waals surface area contributed by atoms with Crippen molar-refractivity contribution in [2.24, 2.45) is 0 Å². The van der Waals surface area contributed by atoms with Gasteiger partial charge in [0.2, 0.25) is 0 Å². The van der Waals surface area contributed by atoms with E-state index in [1.807, 2.05) is 42.5 Å². The number of benzene rings is 2. The van der Waals surface area contributed by atoms with E-state index in [2.05, 4.69) is 5.32 Å². The summed E-state index contributed by atoms with van der Waals surface area (Å²) in [7, 11) is 0. The minimum atomic E-state index is -0.140. The number of halogens is 1. The van der Waals surface area contributed by atoms with Gasteiger partial charge in [0.1, 0.15) is 17.2 Å². The Balaban J connectivity index is 1.70. The Bertz CT molecular complexity index is 962. The third-order valence-corrected chi connectivity index (χ3v) is 5.16. The molecule has 3 aromatic rings. The zero-order valence-corrected chi connectivity index (χ0v) is 16.2. The third kappa shape index (κ3) is 3.82. The van der Waals surface area contributed by atoms with E-state index in [-0.39, 0.29) is 6.03 Å². The third-order valence-electron chi connectivity index (χ3n) is 4.91. The molecule has 4 rings (SSSR count). The Labute approximate surface area is 168 Å². The van der Waals surface area contributed by atoms with Gasteiger partial charge < -0.3 is 16.0 Å². The van der Waals surface area contributed by atoms with Crippen molar-refractivity contribution in [1.82, 2.24) is 14.7 Å². The number of anilines is 2. The standard InChI is InChI=1S/C21H22ClN5O/c22-17-10-8-16(9-11-17)18-19(24-21(28)26-12-4-5-13-26)20(23)27(25-18)14-15-6-2-1-3-7-15/h1-3,6-11H,4-5,12-14,23H2,(H,24,28). The molecule has 0 radical (unpaired) electrons. The van der Waals surface area contributed by atoms with Crippen LogP contribution in [0.3, 0.4) is 0 Å². The highest BCUT2D eigenvalue weighted by Gasteiger charge is 2.23. The van der Waals surface area contributed by atoms with Crippen molar-refractivity contribution in [2.45, 2.75) is 19.4 Å². The van der Waals surface area contributed by atoms with E-state index in [1.165, 1.54) is 0 Å². The maximum atomic E-state index is 12.7. The number of nitrogens with two attached hydrogens (primary N) is 1. The van der Waals surface area contributed by atoms with Crippen molar-refractivity contribution in [3.8, 4) is 11.3 Å². The topological polar surface area (TPSA) is 76.2 Å². The monoisotopic (exact) mass is 395 g/mol. The SMILES string of the molecule is Nc1c(NC(=O)N2CCCC2)c(-c2ccc(Cl)cc2)nn1Cc1ccccc1. The molecular weight excluding hydrogens is 374 g/mol. The Hall–Kier alpha value is -2.99. The lowest BCUT2D eigenvalue weighted by Gasteiger charge is -2.16. The summed E-state index contributed by atoms with van der Waals surface area (Å²) in [6, 6.07) is 17.2. The number of urea groups is 1. The lowest BCUT2D eigenvalue weighted by atomic mass is 10.1. The van der Waals surface area contributed by atoms with Crippen LogP contribution in [0.5, 0.6) is 0 Å². The summed E-state index contributed by atoms with van der Waals surface area (Å²) in [6.45, 7) is 2.05. The van der Waals surface area contributed by atoms with Crippen LogP contribution < -0.4 is 11.1 Å². The van der Waals surface area contributed by atoms with Crippen LogP contribution in [0.2, 0.25) is 5.02 Å². The summed E-state index contributed by atoms with van der Waals surface area (Å²) >= 11 is 6.03. The largest absolute Gasteiger partial charge is 0.382 e. The molecule has 0 unspecified atom stereocenters. The van der Waals surface area contributed by atoms with E-state index in [1.54, 1.807) is 21.7 Å². The van der Waals surface area contributed by atoms with Crippen LogP contribution in [0, 0.1) is 0 Å². The average Bonchev–Trinajstić information content (AvgIpc) is 3.34. The number of nitrogen functional groups attached to an aromatic ring is 1. The molecule has 0 saturated carbocycles. The zero-order chi connectivity index (χ0) is 19.5. The van der Waals surface area contributed by atoms with Gasteiger partial charge in [0.25, 0.3) is 0 Å². The molecule has 1 aromatic heterocycles. The molecule has 0 aliphatic carbocycles. The predicted molar refractivity (Wildman–Crippen MR) is 112 cm³/mol. The molecule has 2 aromatic carbocycles. The van der Waals surface area contributed by atoms with Gasteiger partial charge in [0.15, 0.2) is 0 Å². The number of hydrogen-bond acceptors (Lipinski definition) is 3. The molecule has 1 aliphatic heterocycles. The Morgan fingerprint density at radius 2 is 1.75 bits per heavy atom. The summed E-state index contributed by atoms with van der Waals surface area (Å²) in [5, 5.41) is 8.33. The molecule has 1 aliphatic rings. The molecule has 2 heterocycles. The fraction of sp³-hybridized carbons (Fsp3) is 0.238. The molecule has 6 nitrogen and oxygen atoms in total. The van der Waals surface area contributed by atoms with Crippen molar-refractivity contribution >= 4 is 29.1 Å². The normalized spacial score (nSPS) is 13.7. The number of hydrogen-bond donors (Lipinski definition) is 2. The second-order valence-corrected chi connectivity index (χ2v) is 7.32. The number of nitrogens with zero attached hydrogens (tertiary/aromatic N) is 3. The molecule has 2 amide bonds. The van der Waals surface area contributed by atoms with Crippen molar-refractivity contribution in [3.05, 3.63) is 65.2 Å². The first-order chi connectivity index (χ1) is 13.6. The smallest absolute Gasteiger partial charge is 0.322 e. The van der Waals surface area contributed by atoms with Gasteiger partial charge in [-0.2, -0.15) is 5.10 Å². The summed E-state index contributed by atoms with van der Waals surface area (Å²) in [5.74, 6) is 0.432. The molecule has 3 N–H and O–H groups in total. The molecule has 1 fully saturated rings. The van der Waals surface area contributed by atoms with Crippen LogP contribution in [0.15, 0.2) is 54.6 Å². The highest BCUT2D eigenvalue weighted by Crippen LogP contribution is 2.34. The van der Waals surface area contributed by atoms with Gasteiger partial charge in [-0.1, -0.05) is 54.1 Å². The molecular formula is C21H22ClN5O. The highest BCUT2D eigenvalue weighted by atomic mass is 35.5.